The first-order valence-corrected chi connectivity index (χ1v) is 6.05. The SMILES string of the molecule is CC(C)(C)OC(=O)NCC(C)(O)c1cccc(F)c1. The van der Waals surface area contributed by atoms with E-state index in [-0.39, 0.29) is 6.54 Å². The predicted molar refractivity (Wildman–Crippen MR) is 70.2 cm³/mol. The van der Waals surface area contributed by atoms with E-state index in [1.54, 1.807) is 26.8 Å². The van der Waals surface area contributed by atoms with E-state index in [2.05, 4.69) is 5.32 Å². The molecule has 5 heteroatoms. The van der Waals surface area contributed by atoms with E-state index in [0.717, 1.165) is 0 Å². The fraction of sp³-hybridized carbons (Fsp3) is 0.500. The van der Waals surface area contributed by atoms with E-state index >= 15 is 0 Å². The van der Waals surface area contributed by atoms with Crippen LogP contribution in [0.1, 0.15) is 33.3 Å². The summed E-state index contributed by atoms with van der Waals surface area (Å²) >= 11 is 0. The molecule has 1 amide bonds. The Kier molecular flexibility index (Phi) is 4.52. The Balaban J connectivity index is 2.63. The molecule has 0 heterocycles. The van der Waals surface area contributed by atoms with Gasteiger partial charge in [0.1, 0.15) is 17.0 Å². The fourth-order valence-electron chi connectivity index (χ4n) is 1.48. The average molecular weight is 269 g/mol. The van der Waals surface area contributed by atoms with Gasteiger partial charge in [-0.2, -0.15) is 0 Å². The van der Waals surface area contributed by atoms with Crippen LogP contribution in [-0.2, 0) is 10.3 Å². The van der Waals surface area contributed by atoms with Gasteiger partial charge in [-0.25, -0.2) is 9.18 Å². The van der Waals surface area contributed by atoms with Gasteiger partial charge >= 0.3 is 6.09 Å². The summed E-state index contributed by atoms with van der Waals surface area (Å²) in [4.78, 5) is 11.5. The minimum Gasteiger partial charge on any atom is -0.444 e. The van der Waals surface area contributed by atoms with Crippen LogP contribution in [-0.4, -0.2) is 23.3 Å². The predicted octanol–water partition coefficient (Wildman–Crippen LogP) is 2.56. The van der Waals surface area contributed by atoms with E-state index in [1.807, 2.05) is 0 Å². The summed E-state index contributed by atoms with van der Waals surface area (Å²) in [7, 11) is 0. The van der Waals surface area contributed by atoms with Gasteiger partial charge in [-0.05, 0) is 45.4 Å². The number of hydrogen-bond acceptors (Lipinski definition) is 3. The molecule has 0 radical (unpaired) electrons. The third-order valence-electron chi connectivity index (χ3n) is 2.42. The number of ether oxygens (including phenoxy) is 1. The minimum absolute atomic E-state index is 0.0641. The van der Waals surface area contributed by atoms with Crippen LogP contribution in [0.4, 0.5) is 9.18 Å². The van der Waals surface area contributed by atoms with Crippen molar-refractivity contribution in [2.24, 2.45) is 0 Å². The molecule has 1 aromatic carbocycles. The lowest BCUT2D eigenvalue weighted by Gasteiger charge is -2.26. The van der Waals surface area contributed by atoms with Gasteiger partial charge in [-0.15, -0.1) is 0 Å². The van der Waals surface area contributed by atoms with Crippen LogP contribution >= 0.6 is 0 Å². The molecule has 2 N–H and O–H groups in total. The number of carbonyl (C=O) groups excluding carboxylic acids is 1. The van der Waals surface area contributed by atoms with Crippen molar-refractivity contribution in [3.63, 3.8) is 0 Å². The zero-order valence-corrected chi connectivity index (χ0v) is 11.7. The molecular weight excluding hydrogens is 249 g/mol. The molecule has 1 atom stereocenters. The second kappa shape index (κ2) is 5.57. The number of nitrogens with one attached hydrogen (secondary N) is 1. The Morgan fingerprint density at radius 1 is 1.37 bits per heavy atom. The summed E-state index contributed by atoms with van der Waals surface area (Å²) in [5.74, 6) is -0.435. The fourth-order valence-corrected chi connectivity index (χ4v) is 1.48. The van der Waals surface area contributed by atoms with Crippen molar-refractivity contribution in [1.29, 1.82) is 0 Å². The molecule has 19 heavy (non-hydrogen) atoms. The van der Waals surface area contributed by atoms with Gasteiger partial charge in [-0.3, -0.25) is 0 Å². The molecule has 0 fully saturated rings. The Morgan fingerprint density at radius 2 is 2.00 bits per heavy atom. The van der Waals surface area contributed by atoms with Crippen LogP contribution in [0.5, 0.6) is 0 Å². The van der Waals surface area contributed by atoms with Crippen molar-refractivity contribution < 1.29 is 19.0 Å². The lowest BCUT2D eigenvalue weighted by Crippen LogP contribution is -2.41. The molecule has 0 aliphatic heterocycles. The molecule has 106 valence electrons. The largest absolute Gasteiger partial charge is 0.444 e. The maximum Gasteiger partial charge on any atom is 0.407 e. The van der Waals surface area contributed by atoms with Crippen molar-refractivity contribution in [2.75, 3.05) is 6.54 Å². The lowest BCUT2D eigenvalue weighted by molar-refractivity contribution is 0.0315. The zero-order chi connectivity index (χ0) is 14.7. The summed E-state index contributed by atoms with van der Waals surface area (Å²) in [5.41, 5.74) is -1.57. The lowest BCUT2D eigenvalue weighted by atomic mass is 9.96. The van der Waals surface area contributed by atoms with Gasteiger partial charge in [0.05, 0.1) is 6.54 Å². The normalized spacial score (nSPS) is 14.6. The number of benzene rings is 1. The standard InChI is InChI=1S/C14H20FNO3/c1-13(2,3)19-12(17)16-9-14(4,18)10-6-5-7-11(15)8-10/h5-8,18H,9H2,1-4H3,(H,16,17). The minimum atomic E-state index is -1.36. The van der Waals surface area contributed by atoms with Gasteiger partial charge in [0, 0.05) is 0 Å². The molecule has 0 aliphatic rings. The van der Waals surface area contributed by atoms with Gasteiger partial charge < -0.3 is 15.2 Å². The van der Waals surface area contributed by atoms with Crippen LogP contribution in [0.2, 0.25) is 0 Å². The van der Waals surface area contributed by atoms with E-state index < -0.39 is 23.1 Å². The summed E-state index contributed by atoms with van der Waals surface area (Å²) in [6, 6.07) is 5.63. The summed E-state index contributed by atoms with van der Waals surface area (Å²) in [6.07, 6.45) is -0.621. The quantitative estimate of drug-likeness (QED) is 0.886. The molecule has 1 rings (SSSR count). The highest BCUT2D eigenvalue weighted by Gasteiger charge is 2.25. The van der Waals surface area contributed by atoms with Gasteiger partial charge in [0.2, 0.25) is 0 Å². The molecule has 0 saturated heterocycles. The average Bonchev–Trinajstić information content (AvgIpc) is 2.24. The van der Waals surface area contributed by atoms with Gasteiger partial charge in [0.15, 0.2) is 0 Å². The maximum atomic E-state index is 13.1. The highest BCUT2D eigenvalue weighted by atomic mass is 19.1. The van der Waals surface area contributed by atoms with Crippen LogP contribution in [0.25, 0.3) is 0 Å². The van der Waals surface area contributed by atoms with E-state index in [4.69, 9.17) is 4.74 Å². The first-order chi connectivity index (χ1) is 8.60. The number of alkyl carbamates (subject to hydrolysis) is 1. The molecule has 0 saturated carbocycles. The highest BCUT2D eigenvalue weighted by Crippen LogP contribution is 2.20. The molecule has 0 bridgehead atoms. The van der Waals surface area contributed by atoms with Crippen LogP contribution in [0.3, 0.4) is 0 Å². The summed E-state index contributed by atoms with van der Waals surface area (Å²) in [5, 5.41) is 12.7. The topological polar surface area (TPSA) is 58.6 Å². The second-order valence-corrected chi connectivity index (χ2v) is 5.64. The van der Waals surface area contributed by atoms with Gasteiger partial charge in [0.25, 0.3) is 0 Å². The molecule has 4 nitrogen and oxygen atoms in total. The van der Waals surface area contributed by atoms with Crippen molar-refractivity contribution in [3.05, 3.63) is 35.6 Å². The second-order valence-electron chi connectivity index (χ2n) is 5.64. The molecular formula is C14H20FNO3. The van der Waals surface area contributed by atoms with Crippen LogP contribution < -0.4 is 5.32 Å². The highest BCUT2D eigenvalue weighted by molar-refractivity contribution is 5.67. The molecule has 0 aliphatic carbocycles. The van der Waals surface area contributed by atoms with E-state index in [9.17, 15) is 14.3 Å². The van der Waals surface area contributed by atoms with E-state index in [1.165, 1.54) is 25.1 Å². The smallest absolute Gasteiger partial charge is 0.407 e. The third-order valence-corrected chi connectivity index (χ3v) is 2.42. The Morgan fingerprint density at radius 3 is 2.53 bits per heavy atom. The molecule has 1 aromatic rings. The first-order valence-electron chi connectivity index (χ1n) is 6.05. The van der Waals surface area contributed by atoms with Crippen molar-refractivity contribution in [3.8, 4) is 0 Å². The first kappa shape index (κ1) is 15.4. The summed E-state index contributed by atoms with van der Waals surface area (Å²) in [6.45, 7) is 6.68. The van der Waals surface area contributed by atoms with Crippen LogP contribution in [0, 0.1) is 5.82 Å². The third kappa shape index (κ3) is 5.26. The molecule has 0 spiro atoms. The van der Waals surface area contributed by atoms with Crippen molar-refractivity contribution in [1.82, 2.24) is 5.32 Å². The maximum absolute atomic E-state index is 13.1. The number of halogens is 1. The van der Waals surface area contributed by atoms with E-state index in [0.29, 0.717) is 5.56 Å². The van der Waals surface area contributed by atoms with Gasteiger partial charge in [-0.1, -0.05) is 12.1 Å². The Labute approximate surface area is 112 Å². The van der Waals surface area contributed by atoms with Crippen LogP contribution in [0.15, 0.2) is 24.3 Å². The number of aliphatic hydroxyl groups is 1. The monoisotopic (exact) mass is 269 g/mol. The number of carbonyl (C=O) groups is 1. The molecule has 1 unspecified atom stereocenters. The molecule has 0 aromatic heterocycles. The zero-order valence-electron chi connectivity index (χ0n) is 11.7. The number of rotatable bonds is 3. The summed E-state index contributed by atoms with van der Waals surface area (Å²) < 4.78 is 18.2. The number of hydrogen-bond donors (Lipinski definition) is 2. The number of amides is 1. The van der Waals surface area contributed by atoms with Crippen molar-refractivity contribution >= 4 is 6.09 Å². The Bertz CT molecular complexity index is 452. The van der Waals surface area contributed by atoms with Crippen molar-refractivity contribution in [2.45, 2.75) is 38.9 Å². The Hall–Kier alpha value is -1.62.